The molecule has 0 radical (unpaired) electrons. The van der Waals surface area contributed by atoms with E-state index in [0.29, 0.717) is 0 Å². The predicted molar refractivity (Wildman–Crippen MR) is 131 cm³/mol. The number of ether oxygens (including phenoxy) is 1. The fraction of sp³-hybridized carbons (Fsp3) is 0.545. The molecular weight excluding hydrogens is 495 g/mol. The van der Waals surface area contributed by atoms with Crippen molar-refractivity contribution in [3.63, 3.8) is 0 Å². The minimum Gasteiger partial charge on any atom is -0.487 e. The zero-order chi connectivity index (χ0) is 19.6. The van der Waals surface area contributed by atoms with Gasteiger partial charge >= 0.3 is 0 Å². The van der Waals surface area contributed by atoms with Crippen molar-refractivity contribution in [2.24, 2.45) is 4.99 Å². The van der Waals surface area contributed by atoms with Gasteiger partial charge in [0.25, 0.3) is 0 Å². The summed E-state index contributed by atoms with van der Waals surface area (Å²) in [6, 6.07) is 8.66. The Hall–Kier alpha value is -1.35. The van der Waals surface area contributed by atoms with Crippen molar-refractivity contribution in [3.05, 3.63) is 45.4 Å². The third-order valence-corrected chi connectivity index (χ3v) is 7.02. The molecule has 1 spiro atoms. The van der Waals surface area contributed by atoms with E-state index in [1.807, 2.05) is 7.05 Å². The van der Waals surface area contributed by atoms with E-state index in [0.717, 1.165) is 54.6 Å². The van der Waals surface area contributed by atoms with E-state index in [-0.39, 0.29) is 35.6 Å². The van der Waals surface area contributed by atoms with E-state index >= 15 is 0 Å². The lowest BCUT2D eigenvalue weighted by Crippen LogP contribution is -2.47. The van der Waals surface area contributed by atoms with Crippen molar-refractivity contribution in [2.75, 3.05) is 13.6 Å². The molecule has 2 N–H and O–H groups in total. The second-order valence-corrected chi connectivity index (χ2v) is 9.21. The normalized spacial score (nSPS) is 20.0. The molecule has 1 unspecified atom stereocenters. The van der Waals surface area contributed by atoms with Gasteiger partial charge in [0.1, 0.15) is 11.4 Å². The summed E-state index contributed by atoms with van der Waals surface area (Å²) in [5.41, 5.74) is 2.37. The fourth-order valence-corrected chi connectivity index (χ4v) is 5.47. The molecule has 4 rings (SSSR count). The number of hydrogen-bond acceptors (Lipinski definition) is 4. The van der Waals surface area contributed by atoms with E-state index in [1.165, 1.54) is 23.3 Å². The lowest BCUT2D eigenvalue weighted by atomic mass is 9.86. The number of hydrogen-bond donors (Lipinski definition) is 2. The maximum atomic E-state index is 6.47. The van der Waals surface area contributed by atoms with Crippen LogP contribution in [0.3, 0.4) is 0 Å². The summed E-state index contributed by atoms with van der Waals surface area (Å²) in [4.78, 5) is 10.3. The highest BCUT2D eigenvalue weighted by atomic mass is 127. The Balaban J connectivity index is 0.00000240. The van der Waals surface area contributed by atoms with Gasteiger partial charge in [0.05, 0.1) is 16.7 Å². The van der Waals surface area contributed by atoms with Gasteiger partial charge in [0.2, 0.25) is 0 Å². The Morgan fingerprint density at radius 2 is 2.03 bits per heavy atom. The van der Waals surface area contributed by atoms with Crippen LogP contribution in [0, 0.1) is 13.8 Å². The third kappa shape index (κ3) is 5.05. The maximum Gasteiger partial charge on any atom is 0.191 e. The highest BCUT2D eigenvalue weighted by Crippen LogP contribution is 2.46. The molecule has 2 heterocycles. The van der Waals surface area contributed by atoms with Crippen molar-refractivity contribution in [2.45, 2.75) is 64.0 Å². The zero-order valence-corrected chi connectivity index (χ0v) is 20.6. The van der Waals surface area contributed by atoms with E-state index in [4.69, 9.17) is 4.74 Å². The van der Waals surface area contributed by atoms with Gasteiger partial charge in [-0.3, -0.25) is 4.99 Å². The lowest BCUT2D eigenvalue weighted by Gasteiger charge is -2.40. The summed E-state index contributed by atoms with van der Waals surface area (Å²) >= 11 is 1.78. The number of thiazole rings is 1. The molecule has 1 aliphatic carbocycles. The van der Waals surface area contributed by atoms with Crippen LogP contribution in [0.4, 0.5) is 0 Å². The second-order valence-electron chi connectivity index (χ2n) is 7.92. The number of guanidine groups is 1. The molecular formula is C22H31IN4OS. The molecule has 1 aromatic heterocycles. The molecule has 0 bridgehead atoms. The Kier molecular flexibility index (Phi) is 7.42. The summed E-state index contributed by atoms with van der Waals surface area (Å²) in [6.07, 6.45) is 6.78. The van der Waals surface area contributed by atoms with Crippen LogP contribution in [-0.4, -0.2) is 30.1 Å². The second kappa shape index (κ2) is 9.64. The van der Waals surface area contributed by atoms with E-state index < -0.39 is 0 Å². The topological polar surface area (TPSA) is 58.5 Å². The van der Waals surface area contributed by atoms with Crippen LogP contribution in [0.15, 0.2) is 29.3 Å². The van der Waals surface area contributed by atoms with Crippen molar-refractivity contribution in [1.82, 2.24) is 15.6 Å². The lowest BCUT2D eigenvalue weighted by molar-refractivity contribution is 0.0396. The standard InChI is InChI=1S/C22H30N4OS.HI/c1-15-20(28-16(2)25-15)10-13-24-21(23-3)26-18-14-22(11-6-7-12-22)27-19-9-5-4-8-17(18)19;/h4-5,8-9,18H,6-7,10-14H2,1-3H3,(H2,23,24,26);1H. The zero-order valence-electron chi connectivity index (χ0n) is 17.5. The van der Waals surface area contributed by atoms with E-state index in [1.54, 1.807) is 11.3 Å². The van der Waals surface area contributed by atoms with Crippen LogP contribution in [-0.2, 0) is 6.42 Å². The first-order valence-corrected chi connectivity index (χ1v) is 11.1. The first-order chi connectivity index (χ1) is 13.6. The number of aryl methyl sites for hydroxylation is 2. The molecule has 1 fully saturated rings. The van der Waals surface area contributed by atoms with Crippen LogP contribution in [0.5, 0.6) is 5.75 Å². The predicted octanol–water partition coefficient (Wildman–Crippen LogP) is 4.92. The number of nitrogens with one attached hydrogen (secondary N) is 2. The summed E-state index contributed by atoms with van der Waals surface area (Å²) in [7, 11) is 1.84. The highest BCUT2D eigenvalue weighted by molar-refractivity contribution is 14.0. The number of aromatic nitrogens is 1. The number of rotatable bonds is 4. The number of para-hydroxylation sites is 1. The number of halogens is 1. The number of nitrogens with zero attached hydrogens (tertiary/aromatic N) is 2. The molecule has 2 aromatic rings. The molecule has 1 atom stereocenters. The monoisotopic (exact) mass is 526 g/mol. The van der Waals surface area contributed by atoms with Crippen LogP contribution in [0.1, 0.15) is 59.3 Å². The minimum absolute atomic E-state index is 0. The van der Waals surface area contributed by atoms with Gasteiger partial charge in [-0.25, -0.2) is 4.98 Å². The van der Waals surface area contributed by atoms with Gasteiger partial charge in [0, 0.05) is 36.9 Å². The van der Waals surface area contributed by atoms with Crippen molar-refractivity contribution >= 4 is 41.3 Å². The van der Waals surface area contributed by atoms with Gasteiger partial charge in [-0.15, -0.1) is 35.3 Å². The van der Waals surface area contributed by atoms with Crippen molar-refractivity contribution in [3.8, 4) is 5.75 Å². The number of aliphatic imine (C=N–C) groups is 1. The molecule has 1 saturated carbocycles. The molecule has 1 aliphatic heterocycles. The van der Waals surface area contributed by atoms with Gasteiger partial charge in [-0.05, 0) is 45.6 Å². The van der Waals surface area contributed by atoms with Gasteiger partial charge < -0.3 is 15.4 Å². The Labute approximate surface area is 194 Å². The summed E-state index contributed by atoms with van der Waals surface area (Å²) in [6.45, 7) is 5.00. The Morgan fingerprint density at radius 3 is 2.72 bits per heavy atom. The SMILES string of the molecule is CN=C(NCCc1sc(C)nc1C)NC1CC2(CCCC2)Oc2ccccc21.I. The quantitative estimate of drug-likeness (QED) is 0.337. The third-order valence-electron chi connectivity index (χ3n) is 5.89. The van der Waals surface area contributed by atoms with Crippen molar-refractivity contribution < 1.29 is 4.74 Å². The molecule has 29 heavy (non-hydrogen) atoms. The van der Waals surface area contributed by atoms with Crippen LogP contribution in [0.2, 0.25) is 0 Å². The first-order valence-electron chi connectivity index (χ1n) is 10.3. The van der Waals surface area contributed by atoms with E-state index in [2.05, 4.69) is 58.7 Å². The largest absolute Gasteiger partial charge is 0.487 e. The summed E-state index contributed by atoms with van der Waals surface area (Å²) in [5, 5.41) is 8.29. The van der Waals surface area contributed by atoms with E-state index in [9.17, 15) is 0 Å². The van der Waals surface area contributed by atoms with Crippen molar-refractivity contribution in [1.29, 1.82) is 0 Å². The Morgan fingerprint density at radius 1 is 1.28 bits per heavy atom. The highest BCUT2D eigenvalue weighted by Gasteiger charge is 2.43. The average molecular weight is 526 g/mol. The number of fused-ring (bicyclic) bond motifs is 1. The van der Waals surface area contributed by atoms with Gasteiger partial charge in [-0.1, -0.05) is 18.2 Å². The van der Waals surface area contributed by atoms with Crippen LogP contribution < -0.4 is 15.4 Å². The van der Waals surface area contributed by atoms with Gasteiger partial charge in [-0.2, -0.15) is 0 Å². The molecule has 0 saturated heterocycles. The van der Waals surface area contributed by atoms with Gasteiger partial charge in [0.15, 0.2) is 5.96 Å². The Bertz CT molecular complexity index is 860. The minimum atomic E-state index is -0.0118. The van der Waals surface area contributed by atoms with Crippen LogP contribution in [0.25, 0.3) is 0 Å². The molecule has 1 aromatic carbocycles. The fourth-order valence-electron chi connectivity index (χ4n) is 4.53. The molecule has 158 valence electrons. The molecule has 5 nitrogen and oxygen atoms in total. The molecule has 0 amide bonds. The summed E-state index contributed by atoms with van der Waals surface area (Å²) in [5.74, 6) is 1.88. The first kappa shape index (κ1) is 22.3. The average Bonchev–Trinajstić information content (AvgIpc) is 3.26. The maximum absolute atomic E-state index is 6.47. The molecule has 2 aliphatic rings. The van der Waals surface area contributed by atoms with Crippen LogP contribution >= 0.6 is 35.3 Å². The number of benzene rings is 1. The summed E-state index contributed by atoms with van der Waals surface area (Å²) < 4.78 is 6.47. The smallest absolute Gasteiger partial charge is 0.191 e. The molecule has 7 heteroatoms.